The molecule has 0 radical (unpaired) electrons. The minimum Gasteiger partial charge on any atom is -0.457 e. The molecule has 0 bridgehead atoms. The van der Waals surface area contributed by atoms with Crippen molar-refractivity contribution in [2.45, 2.75) is 26.3 Å². The van der Waals surface area contributed by atoms with Gasteiger partial charge in [-0.3, -0.25) is 18.7 Å². The fraction of sp³-hybridized carbons (Fsp3) is 0.300. The lowest BCUT2D eigenvalue weighted by atomic mass is 10.1. The molecule has 0 atom stereocenters. The summed E-state index contributed by atoms with van der Waals surface area (Å²) in [6.45, 7) is 3.11. The number of benzene rings is 2. The highest BCUT2D eigenvalue weighted by Crippen LogP contribution is 2.50. The van der Waals surface area contributed by atoms with Gasteiger partial charge in [0.25, 0.3) is 0 Å². The van der Waals surface area contributed by atoms with Gasteiger partial charge in [0.15, 0.2) is 0 Å². The Morgan fingerprint density at radius 3 is 2.22 bits per heavy atom. The average molecular weight is 472 g/mol. The maximum absolute atomic E-state index is 13.7. The zero-order chi connectivity index (χ0) is 23.5. The van der Waals surface area contributed by atoms with Gasteiger partial charge >= 0.3 is 24.9 Å². The third-order valence-corrected chi connectivity index (χ3v) is 6.25. The van der Waals surface area contributed by atoms with E-state index in [4.69, 9.17) is 13.8 Å². The molecule has 0 unspecified atom stereocenters. The number of hydrogen-bond acceptors (Lipinski definition) is 6. The number of alkyl halides is 3. The van der Waals surface area contributed by atoms with Gasteiger partial charge in [0, 0.05) is 6.07 Å². The van der Waals surface area contributed by atoms with Gasteiger partial charge in [0.2, 0.25) is 0 Å². The highest BCUT2D eigenvalue weighted by molar-refractivity contribution is 7.52. The first kappa shape index (κ1) is 23.8. The normalized spacial score (nSPS) is 12.3. The Bertz CT molecular complexity index is 1260. The van der Waals surface area contributed by atoms with Gasteiger partial charge in [-0.05, 0) is 32.0 Å². The van der Waals surface area contributed by atoms with Gasteiger partial charge in [0.05, 0.1) is 24.2 Å². The van der Waals surface area contributed by atoms with E-state index in [9.17, 15) is 27.3 Å². The van der Waals surface area contributed by atoms with Crippen molar-refractivity contribution in [2.24, 2.45) is 0 Å². The number of nitrogens with zero attached hydrogens (tertiary/aromatic N) is 1. The molecule has 3 rings (SSSR count). The second kappa shape index (κ2) is 9.32. The zero-order valence-electron chi connectivity index (χ0n) is 17.1. The topological polar surface area (TPSA) is 99.6 Å². The van der Waals surface area contributed by atoms with Gasteiger partial charge in [-0.25, -0.2) is 0 Å². The maximum atomic E-state index is 13.7. The monoisotopic (exact) mass is 472 g/mol. The first-order valence-corrected chi connectivity index (χ1v) is 11.3. The van der Waals surface area contributed by atoms with E-state index in [-0.39, 0.29) is 30.0 Å². The van der Waals surface area contributed by atoms with E-state index in [1.54, 1.807) is 32.0 Å². The Balaban J connectivity index is 2.27. The number of ether oxygens (including phenoxy) is 1. The fourth-order valence-electron chi connectivity index (χ4n) is 3.05. The minimum atomic E-state index is -4.82. The summed E-state index contributed by atoms with van der Waals surface area (Å²) in [5, 5.41) is 0. The quantitative estimate of drug-likeness (QED) is 0.376. The van der Waals surface area contributed by atoms with Crippen molar-refractivity contribution >= 4 is 18.6 Å². The molecule has 0 amide bonds. The van der Waals surface area contributed by atoms with Crippen LogP contribution in [0.1, 0.15) is 19.4 Å². The standard InChI is InChI=1S/C20H20F3N2O6P/c1-3-29-32(28,30-4-2)12-25-16-11-17(31-13-8-6-5-7-9-13)14(20(21,22)23)10-15(16)24-18(26)19(25)27/h5-11H,3-4,12H2,1-2H3,(H,24,26). The number of para-hydroxylation sites is 1. The maximum Gasteiger partial charge on any atom is 0.420 e. The van der Waals surface area contributed by atoms with Crippen LogP contribution in [0.2, 0.25) is 0 Å². The van der Waals surface area contributed by atoms with Gasteiger partial charge < -0.3 is 18.8 Å². The van der Waals surface area contributed by atoms with Crippen molar-refractivity contribution < 1.29 is 31.5 Å². The summed E-state index contributed by atoms with van der Waals surface area (Å²) in [4.78, 5) is 26.8. The largest absolute Gasteiger partial charge is 0.457 e. The molecule has 8 nitrogen and oxygen atoms in total. The van der Waals surface area contributed by atoms with Gasteiger partial charge in [-0.2, -0.15) is 13.2 Å². The molecule has 32 heavy (non-hydrogen) atoms. The van der Waals surface area contributed by atoms with Crippen LogP contribution in [0.25, 0.3) is 11.0 Å². The number of hydrogen-bond donors (Lipinski definition) is 1. The van der Waals surface area contributed by atoms with Crippen molar-refractivity contribution in [3.05, 3.63) is 68.7 Å². The summed E-state index contributed by atoms with van der Waals surface area (Å²) in [5.74, 6) is -0.468. The van der Waals surface area contributed by atoms with E-state index in [0.717, 1.165) is 10.6 Å². The SMILES string of the molecule is CCOP(=O)(Cn1c(=O)c(=O)[nH]c2cc(C(F)(F)F)c(Oc3ccccc3)cc21)OCC. The van der Waals surface area contributed by atoms with Gasteiger partial charge in [0.1, 0.15) is 23.3 Å². The molecule has 0 aliphatic carbocycles. The molecular formula is C20H20F3N2O6P. The van der Waals surface area contributed by atoms with Crippen molar-refractivity contribution in [3.63, 3.8) is 0 Å². The Kier molecular flexibility index (Phi) is 6.92. The summed E-state index contributed by atoms with van der Waals surface area (Å²) >= 11 is 0. The Hall–Kier alpha value is -2.88. The summed E-state index contributed by atoms with van der Waals surface area (Å²) in [6.07, 6.45) is -5.48. The van der Waals surface area contributed by atoms with Crippen molar-refractivity contribution in [3.8, 4) is 11.5 Å². The first-order chi connectivity index (χ1) is 15.1. The number of fused-ring (bicyclic) bond motifs is 1. The fourth-order valence-corrected chi connectivity index (χ4v) is 4.70. The first-order valence-electron chi connectivity index (χ1n) is 9.57. The van der Waals surface area contributed by atoms with Crippen LogP contribution in [0.5, 0.6) is 11.5 Å². The Morgan fingerprint density at radius 2 is 1.66 bits per heavy atom. The lowest BCUT2D eigenvalue weighted by Crippen LogP contribution is -2.36. The number of halogens is 3. The number of H-pyrrole nitrogens is 1. The van der Waals surface area contributed by atoms with E-state index in [0.29, 0.717) is 6.07 Å². The minimum absolute atomic E-state index is 0.00621. The molecule has 0 saturated heterocycles. The van der Waals surface area contributed by atoms with Crippen LogP contribution in [0.15, 0.2) is 52.1 Å². The second-order valence-electron chi connectivity index (χ2n) is 6.55. The lowest BCUT2D eigenvalue weighted by Gasteiger charge is -2.20. The predicted octanol–water partition coefficient (Wildman–Crippen LogP) is 4.72. The van der Waals surface area contributed by atoms with Crippen molar-refractivity contribution in [1.82, 2.24) is 9.55 Å². The summed E-state index contributed by atoms with van der Waals surface area (Å²) in [6, 6.07) is 9.38. The molecule has 1 N–H and O–H groups in total. The third-order valence-electron chi connectivity index (χ3n) is 4.32. The van der Waals surface area contributed by atoms with Crippen LogP contribution < -0.4 is 15.9 Å². The van der Waals surface area contributed by atoms with E-state index in [1.807, 2.05) is 0 Å². The second-order valence-corrected chi connectivity index (χ2v) is 8.57. The third kappa shape index (κ3) is 5.12. The summed E-state index contributed by atoms with van der Waals surface area (Å²) in [5.41, 5.74) is -3.88. The lowest BCUT2D eigenvalue weighted by molar-refractivity contribution is -0.138. The van der Waals surface area contributed by atoms with Crippen LogP contribution in [-0.2, 0) is 26.1 Å². The van der Waals surface area contributed by atoms with Crippen LogP contribution >= 0.6 is 7.60 Å². The predicted molar refractivity (Wildman–Crippen MR) is 111 cm³/mol. The number of nitrogens with one attached hydrogen (secondary N) is 1. The highest BCUT2D eigenvalue weighted by atomic mass is 31.2. The number of aromatic nitrogens is 2. The summed E-state index contributed by atoms with van der Waals surface area (Å²) in [7, 11) is -3.87. The molecular weight excluding hydrogens is 452 g/mol. The molecule has 0 aliphatic heterocycles. The molecule has 2 aromatic carbocycles. The highest BCUT2D eigenvalue weighted by Gasteiger charge is 2.36. The molecule has 12 heteroatoms. The van der Waals surface area contributed by atoms with E-state index in [2.05, 4.69) is 4.98 Å². The van der Waals surface area contributed by atoms with Gasteiger partial charge in [-0.1, -0.05) is 18.2 Å². The number of rotatable bonds is 8. The van der Waals surface area contributed by atoms with Crippen LogP contribution in [0, 0.1) is 0 Å². The molecule has 0 saturated carbocycles. The molecule has 3 aromatic rings. The van der Waals surface area contributed by atoms with Gasteiger partial charge in [-0.15, -0.1) is 0 Å². The van der Waals surface area contributed by atoms with Crippen LogP contribution in [-0.4, -0.2) is 22.8 Å². The smallest absolute Gasteiger partial charge is 0.420 e. The Labute approximate surface area is 180 Å². The molecule has 0 fully saturated rings. The van der Waals surface area contributed by atoms with Crippen LogP contribution in [0.4, 0.5) is 13.2 Å². The molecule has 172 valence electrons. The van der Waals surface area contributed by atoms with E-state index >= 15 is 0 Å². The molecule has 0 spiro atoms. The van der Waals surface area contributed by atoms with Crippen LogP contribution in [0.3, 0.4) is 0 Å². The van der Waals surface area contributed by atoms with Crippen molar-refractivity contribution in [2.75, 3.05) is 13.2 Å². The summed E-state index contributed by atoms with van der Waals surface area (Å²) < 4.78 is 70.6. The number of aromatic amines is 1. The van der Waals surface area contributed by atoms with E-state index in [1.165, 1.54) is 12.1 Å². The Morgan fingerprint density at radius 1 is 1.03 bits per heavy atom. The molecule has 1 heterocycles. The molecule has 1 aromatic heterocycles. The van der Waals surface area contributed by atoms with Crippen molar-refractivity contribution in [1.29, 1.82) is 0 Å². The molecule has 0 aliphatic rings. The average Bonchev–Trinajstić information content (AvgIpc) is 2.72. The van der Waals surface area contributed by atoms with E-state index < -0.39 is 42.5 Å². The zero-order valence-corrected chi connectivity index (χ0v) is 18.0.